The Hall–Kier alpha value is -5.45. The Morgan fingerprint density at radius 1 is 0.951 bits per heavy atom. The highest BCUT2D eigenvalue weighted by molar-refractivity contribution is 7.92. The third-order valence-corrected chi connectivity index (χ3v) is 6.59. The summed E-state index contributed by atoms with van der Waals surface area (Å²) in [6, 6.07) is 13.6. The Labute approximate surface area is 234 Å². The van der Waals surface area contributed by atoms with Gasteiger partial charge < -0.3 is 4.85 Å². The number of nitriles is 1. The lowest BCUT2D eigenvalue weighted by molar-refractivity contribution is -0.114. The molecule has 2 aromatic carbocycles. The molecule has 14 nitrogen and oxygen atoms in total. The van der Waals surface area contributed by atoms with Crippen LogP contribution in [0.2, 0.25) is 0 Å². The number of hydrogen-bond donors (Lipinski definition) is 3. The van der Waals surface area contributed by atoms with Gasteiger partial charge in [0.15, 0.2) is 0 Å². The fourth-order valence-electron chi connectivity index (χ4n) is 3.70. The Kier molecular flexibility index (Phi) is 7.64. The summed E-state index contributed by atoms with van der Waals surface area (Å²) in [6.07, 6.45) is 5.95. The van der Waals surface area contributed by atoms with Crippen molar-refractivity contribution in [3.63, 3.8) is 0 Å². The van der Waals surface area contributed by atoms with Gasteiger partial charge in [0.1, 0.15) is 11.8 Å². The number of nitrogens with one attached hydrogen (secondary N) is 3. The number of anilines is 3. The van der Waals surface area contributed by atoms with E-state index < -0.39 is 31.5 Å². The summed E-state index contributed by atoms with van der Waals surface area (Å²) in [4.78, 5) is 29.3. The molecule has 0 fully saturated rings. The van der Waals surface area contributed by atoms with E-state index in [9.17, 15) is 31.7 Å². The van der Waals surface area contributed by atoms with Crippen LogP contribution in [0, 0.1) is 17.9 Å². The maximum Gasteiger partial charge on any atom is 0.307 e. The van der Waals surface area contributed by atoms with Gasteiger partial charge in [0.05, 0.1) is 35.0 Å². The molecule has 1 aliphatic rings. The molecule has 0 saturated carbocycles. The Morgan fingerprint density at radius 3 is 1.98 bits per heavy atom. The summed E-state index contributed by atoms with van der Waals surface area (Å²) in [5, 5.41) is 17.2. The first-order valence-corrected chi connectivity index (χ1v) is 15.2. The van der Waals surface area contributed by atoms with Gasteiger partial charge >= 0.3 is 5.84 Å². The average molecular weight is 593 g/mol. The molecule has 0 radical (unpaired) electrons. The number of benzene rings is 2. The third kappa shape index (κ3) is 6.59. The Balaban J connectivity index is 1.59. The maximum absolute atomic E-state index is 13.0. The highest BCUT2D eigenvalue weighted by atomic mass is 32.2. The molecule has 208 valence electrons. The number of amides is 1. The Bertz CT molecular complexity index is 1990. The van der Waals surface area contributed by atoms with Crippen molar-refractivity contribution in [2.45, 2.75) is 0 Å². The van der Waals surface area contributed by atoms with Crippen LogP contribution < -0.4 is 20.0 Å². The van der Waals surface area contributed by atoms with Crippen molar-refractivity contribution in [2.24, 2.45) is 5.10 Å². The first-order chi connectivity index (χ1) is 19.3. The summed E-state index contributed by atoms with van der Waals surface area (Å²) < 4.78 is 51.3. The molecule has 0 unspecified atom stereocenters. The molecule has 0 bridgehead atoms. The van der Waals surface area contributed by atoms with Gasteiger partial charge in [0.25, 0.3) is 11.5 Å². The van der Waals surface area contributed by atoms with E-state index in [1.807, 2.05) is 6.07 Å². The van der Waals surface area contributed by atoms with Crippen LogP contribution in [0.25, 0.3) is 16.6 Å². The van der Waals surface area contributed by atoms with Crippen LogP contribution in [0.1, 0.15) is 11.3 Å². The van der Waals surface area contributed by atoms with Gasteiger partial charge in [-0.25, -0.2) is 21.5 Å². The molecule has 0 aliphatic carbocycles. The number of carbonyl (C=O) groups excluding carboxylic acids is 1. The zero-order chi connectivity index (χ0) is 29.9. The van der Waals surface area contributed by atoms with Gasteiger partial charge in [-0.3, -0.25) is 24.1 Å². The van der Waals surface area contributed by atoms with Crippen molar-refractivity contribution >= 4 is 54.9 Å². The molecule has 4 rings (SSSR count). The number of nitrogens with zero attached hydrogens (tertiary/aromatic N) is 5. The average Bonchev–Trinajstić information content (AvgIpc) is 3.39. The highest BCUT2D eigenvalue weighted by Crippen LogP contribution is 2.26. The largest absolute Gasteiger partial charge is 0.358 e. The van der Waals surface area contributed by atoms with Crippen LogP contribution >= 0.6 is 0 Å². The zero-order valence-electron chi connectivity index (χ0n) is 21.4. The van der Waals surface area contributed by atoms with E-state index in [4.69, 9.17) is 6.57 Å². The third-order valence-electron chi connectivity index (χ3n) is 5.37. The minimum absolute atomic E-state index is 0.0137. The summed E-state index contributed by atoms with van der Waals surface area (Å²) in [5.74, 6) is -0.827. The number of carbonyl (C=O) groups is 1. The zero-order valence-corrected chi connectivity index (χ0v) is 23.0. The molecule has 1 aliphatic heterocycles. The standard InChI is InChI=1S/C25H20N8O6S2/c1-27-23-21(25(35)33(29-23)19-13-9-17(10-14-19)31-41(3,38)39)6-4-5-20-22(15-26)28-32(24(20)34)18-11-7-16(8-12-18)30-40(2,36)37/h4-14,28,30-31H,2-3H3. The number of hydrogen-bond acceptors (Lipinski definition) is 8. The molecule has 0 atom stereocenters. The second-order valence-corrected chi connectivity index (χ2v) is 12.1. The number of hydrazone groups is 1. The van der Waals surface area contributed by atoms with Crippen molar-refractivity contribution in [3.8, 4) is 11.8 Å². The molecule has 3 N–H and O–H groups in total. The van der Waals surface area contributed by atoms with Crippen LogP contribution in [-0.4, -0.2) is 50.9 Å². The summed E-state index contributed by atoms with van der Waals surface area (Å²) in [7, 11) is -6.97. The fourth-order valence-corrected chi connectivity index (χ4v) is 4.83. The molecule has 3 aromatic rings. The predicted octanol–water partition coefficient (Wildman–Crippen LogP) is 2.00. The fraction of sp³-hybridized carbons (Fsp3) is 0.0800. The van der Waals surface area contributed by atoms with Gasteiger partial charge in [-0.05, 0) is 59.7 Å². The van der Waals surface area contributed by atoms with E-state index in [2.05, 4.69) is 24.5 Å². The maximum atomic E-state index is 13.0. The number of amidine groups is 1. The lowest BCUT2D eigenvalue weighted by Crippen LogP contribution is -2.21. The van der Waals surface area contributed by atoms with E-state index in [1.54, 1.807) is 0 Å². The van der Waals surface area contributed by atoms with Gasteiger partial charge in [0, 0.05) is 11.4 Å². The van der Waals surface area contributed by atoms with Crippen LogP contribution in [0.3, 0.4) is 0 Å². The predicted molar refractivity (Wildman–Crippen MR) is 153 cm³/mol. The second kappa shape index (κ2) is 11.0. The minimum atomic E-state index is -3.49. The smallest absolute Gasteiger partial charge is 0.307 e. The molecular formula is C25H20N8O6S2. The normalized spacial score (nSPS) is 14.6. The van der Waals surface area contributed by atoms with Crippen LogP contribution in [0.15, 0.2) is 76.2 Å². The van der Waals surface area contributed by atoms with Crippen molar-refractivity contribution in [1.29, 1.82) is 5.26 Å². The molecule has 1 amide bonds. The highest BCUT2D eigenvalue weighted by Gasteiger charge is 2.34. The second-order valence-electron chi connectivity index (χ2n) is 8.59. The molecule has 16 heteroatoms. The summed E-state index contributed by atoms with van der Waals surface area (Å²) >= 11 is 0. The van der Waals surface area contributed by atoms with Crippen molar-refractivity contribution in [3.05, 3.63) is 99.3 Å². The SMILES string of the molecule is [C-]#[N+]C1=NN(c2ccc(NS(C)(=O)=O)cc2)C(=O)C1=CC=Cc1c(C#N)[nH]n(-c2ccc(NS(C)(=O)=O)cc2)c1=O. The number of rotatable bonds is 8. The molecule has 2 heterocycles. The van der Waals surface area contributed by atoms with E-state index >= 15 is 0 Å². The molecule has 0 saturated heterocycles. The van der Waals surface area contributed by atoms with Crippen LogP contribution in [-0.2, 0) is 24.8 Å². The Morgan fingerprint density at radius 2 is 1.49 bits per heavy atom. The monoisotopic (exact) mass is 592 g/mol. The quantitative estimate of drug-likeness (QED) is 0.263. The van der Waals surface area contributed by atoms with E-state index in [0.717, 1.165) is 22.2 Å². The van der Waals surface area contributed by atoms with Crippen molar-refractivity contribution < 1.29 is 21.6 Å². The molecule has 0 spiro atoms. The summed E-state index contributed by atoms with van der Waals surface area (Å²) in [6.45, 7) is 7.40. The van der Waals surface area contributed by atoms with Crippen LogP contribution in [0.4, 0.5) is 17.1 Å². The first-order valence-electron chi connectivity index (χ1n) is 11.4. The lowest BCUT2D eigenvalue weighted by atomic mass is 10.1. The lowest BCUT2D eigenvalue weighted by Gasteiger charge is -2.09. The van der Waals surface area contributed by atoms with E-state index in [0.29, 0.717) is 11.4 Å². The number of aromatic nitrogens is 2. The van der Waals surface area contributed by atoms with E-state index in [1.165, 1.54) is 66.8 Å². The van der Waals surface area contributed by atoms with Crippen LogP contribution in [0.5, 0.6) is 0 Å². The van der Waals surface area contributed by atoms with Gasteiger partial charge in [-0.15, -0.1) is 5.01 Å². The molecular weight excluding hydrogens is 572 g/mol. The first kappa shape index (κ1) is 28.6. The van der Waals surface area contributed by atoms with Gasteiger partial charge in [-0.2, -0.15) is 5.26 Å². The number of H-pyrrole nitrogens is 1. The number of allylic oxidation sites excluding steroid dienone is 2. The molecule has 41 heavy (non-hydrogen) atoms. The minimum Gasteiger partial charge on any atom is -0.358 e. The van der Waals surface area contributed by atoms with Gasteiger partial charge in [-0.1, -0.05) is 18.7 Å². The van der Waals surface area contributed by atoms with E-state index in [-0.39, 0.29) is 34.0 Å². The van der Waals surface area contributed by atoms with Gasteiger partial charge in [0.2, 0.25) is 20.0 Å². The summed E-state index contributed by atoms with van der Waals surface area (Å²) in [5.41, 5.74) is 0.481. The van der Waals surface area contributed by atoms with Crippen molar-refractivity contribution in [1.82, 2.24) is 9.78 Å². The van der Waals surface area contributed by atoms with Crippen molar-refractivity contribution in [2.75, 3.05) is 27.0 Å². The number of aromatic amines is 1. The molecule has 1 aromatic heterocycles. The topological polar surface area (TPSA) is 191 Å². The number of sulfonamides is 2.